The SMILES string of the molecule is C=CC(C)(CNC(C)C)Cc1cccc(F)c1F. The fourth-order valence-corrected chi connectivity index (χ4v) is 1.76. The molecular formula is C15H21F2N. The second-order valence-corrected chi connectivity index (χ2v) is 5.28. The maximum absolute atomic E-state index is 13.6. The van der Waals surface area contributed by atoms with E-state index in [4.69, 9.17) is 0 Å². The van der Waals surface area contributed by atoms with Gasteiger partial charge < -0.3 is 5.32 Å². The summed E-state index contributed by atoms with van der Waals surface area (Å²) in [7, 11) is 0. The fourth-order valence-electron chi connectivity index (χ4n) is 1.76. The minimum Gasteiger partial charge on any atom is -0.314 e. The van der Waals surface area contributed by atoms with Crippen molar-refractivity contribution in [1.82, 2.24) is 5.32 Å². The zero-order valence-corrected chi connectivity index (χ0v) is 11.3. The number of benzene rings is 1. The van der Waals surface area contributed by atoms with Crippen LogP contribution in [0.1, 0.15) is 26.3 Å². The topological polar surface area (TPSA) is 12.0 Å². The zero-order chi connectivity index (χ0) is 13.8. The van der Waals surface area contributed by atoms with Crippen LogP contribution in [0.15, 0.2) is 30.9 Å². The van der Waals surface area contributed by atoms with Crippen LogP contribution in [0, 0.1) is 17.0 Å². The van der Waals surface area contributed by atoms with Gasteiger partial charge in [0.2, 0.25) is 0 Å². The van der Waals surface area contributed by atoms with Gasteiger partial charge in [0.05, 0.1) is 0 Å². The third-order valence-corrected chi connectivity index (χ3v) is 3.03. The molecule has 0 radical (unpaired) electrons. The molecule has 1 rings (SSSR count). The average Bonchev–Trinajstić information content (AvgIpc) is 2.33. The molecule has 18 heavy (non-hydrogen) atoms. The highest BCUT2D eigenvalue weighted by molar-refractivity contribution is 5.21. The Morgan fingerprint density at radius 3 is 2.61 bits per heavy atom. The maximum Gasteiger partial charge on any atom is 0.162 e. The first-order valence-electron chi connectivity index (χ1n) is 6.18. The van der Waals surface area contributed by atoms with Gasteiger partial charge >= 0.3 is 0 Å². The molecule has 0 aliphatic heterocycles. The van der Waals surface area contributed by atoms with Crippen molar-refractivity contribution in [3.8, 4) is 0 Å². The van der Waals surface area contributed by atoms with Gasteiger partial charge in [-0.25, -0.2) is 8.78 Å². The molecule has 0 aliphatic rings. The highest BCUT2D eigenvalue weighted by Gasteiger charge is 2.23. The summed E-state index contributed by atoms with van der Waals surface area (Å²) in [6.45, 7) is 10.6. The lowest BCUT2D eigenvalue weighted by Gasteiger charge is -2.27. The summed E-state index contributed by atoms with van der Waals surface area (Å²) in [4.78, 5) is 0. The fraction of sp³-hybridized carbons (Fsp3) is 0.467. The molecule has 0 spiro atoms. The quantitative estimate of drug-likeness (QED) is 0.762. The van der Waals surface area contributed by atoms with Gasteiger partial charge in [0.25, 0.3) is 0 Å². The van der Waals surface area contributed by atoms with Crippen molar-refractivity contribution in [2.45, 2.75) is 33.2 Å². The zero-order valence-electron chi connectivity index (χ0n) is 11.3. The number of rotatable bonds is 6. The van der Waals surface area contributed by atoms with E-state index in [1.165, 1.54) is 6.07 Å². The number of nitrogens with one attached hydrogen (secondary N) is 1. The van der Waals surface area contributed by atoms with Gasteiger partial charge in [-0.2, -0.15) is 0 Å². The average molecular weight is 253 g/mol. The molecular weight excluding hydrogens is 232 g/mol. The minimum absolute atomic E-state index is 0.293. The van der Waals surface area contributed by atoms with E-state index in [0.29, 0.717) is 24.6 Å². The molecule has 1 aromatic rings. The summed E-state index contributed by atoms with van der Waals surface area (Å²) in [6, 6.07) is 4.64. The first-order chi connectivity index (χ1) is 8.38. The van der Waals surface area contributed by atoms with Crippen LogP contribution in [0.25, 0.3) is 0 Å². The van der Waals surface area contributed by atoms with E-state index < -0.39 is 11.6 Å². The number of halogens is 2. The van der Waals surface area contributed by atoms with Crippen molar-refractivity contribution in [2.24, 2.45) is 5.41 Å². The van der Waals surface area contributed by atoms with Crippen molar-refractivity contribution >= 4 is 0 Å². The van der Waals surface area contributed by atoms with Gasteiger partial charge in [-0.15, -0.1) is 6.58 Å². The van der Waals surface area contributed by atoms with E-state index in [1.54, 1.807) is 12.1 Å². The van der Waals surface area contributed by atoms with Crippen LogP contribution in [0.4, 0.5) is 8.78 Å². The molecule has 0 saturated carbocycles. The molecule has 1 N–H and O–H groups in total. The summed E-state index contributed by atoms with van der Waals surface area (Å²) >= 11 is 0. The Kier molecular flexibility index (Phi) is 5.03. The van der Waals surface area contributed by atoms with Crippen molar-refractivity contribution < 1.29 is 8.78 Å². The summed E-state index contributed by atoms with van der Waals surface area (Å²) in [5, 5.41) is 3.30. The summed E-state index contributed by atoms with van der Waals surface area (Å²) in [5.41, 5.74) is 0.0989. The van der Waals surface area contributed by atoms with Gasteiger partial charge in [-0.3, -0.25) is 0 Å². The molecule has 0 amide bonds. The Hall–Kier alpha value is -1.22. The van der Waals surface area contributed by atoms with Crippen LogP contribution in [0.5, 0.6) is 0 Å². The Morgan fingerprint density at radius 2 is 2.06 bits per heavy atom. The number of hydrogen-bond donors (Lipinski definition) is 1. The lowest BCUT2D eigenvalue weighted by Crippen LogP contribution is -2.36. The molecule has 0 bridgehead atoms. The Balaban J connectivity index is 2.84. The molecule has 1 aromatic carbocycles. The third kappa shape index (κ3) is 3.91. The van der Waals surface area contributed by atoms with Crippen molar-refractivity contribution in [3.05, 3.63) is 48.1 Å². The van der Waals surface area contributed by atoms with Crippen LogP contribution in [-0.2, 0) is 6.42 Å². The molecule has 100 valence electrons. The standard InChI is InChI=1S/C15H21F2N/c1-5-15(4,10-18-11(2)3)9-12-7-6-8-13(16)14(12)17/h5-8,11,18H,1,9-10H2,2-4H3. The van der Waals surface area contributed by atoms with E-state index >= 15 is 0 Å². The molecule has 1 atom stereocenters. The Labute approximate surface area is 108 Å². The van der Waals surface area contributed by atoms with Crippen LogP contribution in [-0.4, -0.2) is 12.6 Å². The van der Waals surface area contributed by atoms with Crippen molar-refractivity contribution in [3.63, 3.8) is 0 Å². The van der Waals surface area contributed by atoms with Crippen LogP contribution < -0.4 is 5.32 Å². The Bertz CT molecular complexity index is 415. The monoisotopic (exact) mass is 253 g/mol. The first-order valence-corrected chi connectivity index (χ1v) is 6.18. The van der Waals surface area contributed by atoms with Crippen molar-refractivity contribution in [2.75, 3.05) is 6.54 Å². The van der Waals surface area contributed by atoms with Crippen LogP contribution in [0.3, 0.4) is 0 Å². The predicted octanol–water partition coefficient (Wildman–Crippen LogP) is 3.70. The maximum atomic E-state index is 13.6. The molecule has 0 aliphatic carbocycles. The third-order valence-electron chi connectivity index (χ3n) is 3.03. The normalized spacial score (nSPS) is 14.6. The largest absolute Gasteiger partial charge is 0.314 e. The van der Waals surface area contributed by atoms with E-state index in [-0.39, 0.29) is 5.41 Å². The predicted molar refractivity (Wildman–Crippen MR) is 71.5 cm³/mol. The lowest BCUT2D eigenvalue weighted by atomic mass is 9.83. The van der Waals surface area contributed by atoms with Gasteiger partial charge in [-0.05, 0) is 18.1 Å². The molecule has 0 saturated heterocycles. The molecule has 0 aromatic heterocycles. The minimum atomic E-state index is -0.796. The molecule has 1 nitrogen and oxygen atoms in total. The van der Waals surface area contributed by atoms with E-state index in [1.807, 2.05) is 20.8 Å². The highest BCUT2D eigenvalue weighted by atomic mass is 19.2. The summed E-state index contributed by atoms with van der Waals surface area (Å²) < 4.78 is 26.8. The smallest absolute Gasteiger partial charge is 0.162 e. The second-order valence-electron chi connectivity index (χ2n) is 5.28. The van der Waals surface area contributed by atoms with Crippen LogP contribution >= 0.6 is 0 Å². The van der Waals surface area contributed by atoms with Crippen LogP contribution in [0.2, 0.25) is 0 Å². The molecule has 0 fully saturated rings. The highest BCUT2D eigenvalue weighted by Crippen LogP contribution is 2.25. The first kappa shape index (κ1) is 14.8. The Morgan fingerprint density at radius 1 is 1.39 bits per heavy atom. The lowest BCUT2D eigenvalue weighted by molar-refractivity contribution is 0.365. The van der Waals surface area contributed by atoms with E-state index in [2.05, 4.69) is 11.9 Å². The van der Waals surface area contributed by atoms with Gasteiger partial charge in [0, 0.05) is 18.0 Å². The van der Waals surface area contributed by atoms with Crippen molar-refractivity contribution in [1.29, 1.82) is 0 Å². The summed E-state index contributed by atoms with van der Waals surface area (Å²) in [5.74, 6) is -1.55. The van der Waals surface area contributed by atoms with E-state index in [0.717, 1.165) is 6.07 Å². The van der Waals surface area contributed by atoms with Gasteiger partial charge in [0.15, 0.2) is 11.6 Å². The van der Waals surface area contributed by atoms with Gasteiger partial charge in [-0.1, -0.05) is 39.0 Å². The second kappa shape index (κ2) is 6.10. The molecule has 1 unspecified atom stereocenters. The molecule has 3 heteroatoms. The van der Waals surface area contributed by atoms with E-state index in [9.17, 15) is 8.78 Å². The van der Waals surface area contributed by atoms with Gasteiger partial charge in [0.1, 0.15) is 0 Å². The molecule has 0 heterocycles. The summed E-state index contributed by atoms with van der Waals surface area (Å²) in [6.07, 6.45) is 2.23. The number of hydrogen-bond acceptors (Lipinski definition) is 1.